The second-order valence-corrected chi connectivity index (χ2v) is 5.98. The van der Waals surface area contributed by atoms with Crippen molar-refractivity contribution in [1.29, 1.82) is 0 Å². The second kappa shape index (κ2) is 4.67. The van der Waals surface area contributed by atoms with Crippen molar-refractivity contribution in [3.63, 3.8) is 0 Å². The summed E-state index contributed by atoms with van der Waals surface area (Å²) in [4.78, 5) is 0. The predicted octanol–water partition coefficient (Wildman–Crippen LogP) is 1.64. The number of hydrogen-bond acceptors (Lipinski definition) is 3. The SMILES string of the molecule is NCC(O)(Cc1ccn(C2CCCC2)n1)C1CC1. The molecule has 0 amide bonds. The van der Waals surface area contributed by atoms with Crippen molar-refractivity contribution in [2.75, 3.05) is 6.54 Å². The van der Waals surface area contributed by atoms with E-state index in [1.54, 1.807) is 0 Å². The highest BCUT2D eigenvalue weighted by Crippen LogP contribution is 2.40. The highest BCUT2D eigenvalue weighted by atomic mass is 16.3. The third-order valence-corrected chi connectivity index (χ3v) is 4.54. The van der Waals surface area contributed by atoms with Crippen LogP contribution in [0.15, 0.2) is 12.3 Å². The maximum Gasteiger partial charge on any atom is 0.0853 e. The van der Waals surface area contributed by atoms with Crippen molar-refractivity contribution in [2.24, 2.45) is 11.7 Å². The molecule has 1 aromatic rings. The third kappa shape index (κ3) is 2.31. The van der Waals surface area contributed by atoms with Gasteiger partial charge in [-0.3, -0.25) is 4.68 Å². The van der Waals surface area contributed by atoms with Gasteiger partial charge in [0.2, 0.25) is 0 Å². The molecule has 1 aromatic heterocycles. The van der Waals surface area contributed by atoms with Crippen LogP contribution in [0, 0.1) is 5.92 Å². The highest BCUT2D eigenvalue weighted by Gasteiger charge is 2.43. The van der Waals surface area contributed by atoms with Crippen molar-refractivity contribution < 1.29 is 5.11 Å². The summed E-state index contributed by atoms with van der Waals surface area (Å²) in [5.74, 6) is 0.388. The lowest BCUT2D eigenvalue weighted by molar-refractivity contribution is 0.0256. The van der Waals surface area contributed by atoms with Gasteiger partial charge < -0.3 is 10.8 Å². The van der Waals surface area contributed by atoms with E-state index in [0.29, 0.717) is 24.9 Å². The first-order valence-electron chi connectivity index (χ1n) is 7.18. The van der Waals surface area contributed by atoms with Gasteiger partial charge >= 0.3 is 0 Å². The van der Waals surface area contributed by atoms with Gasteiger partial charge in [-0.15, -0.1) is 0 Å². The summed E-state index contributed by atoms with van der Waals surface area (Å²) in [6, 6.07) is 2.62. The smallest absolute Gasteiger partial charge is 0.0853 e. The lowest BCUT2D eigenvalue weighted by Gasteiger charge is -2.25. The van der Waals surface area contributed by atoms with Gasteiger partial charge in [0.15, 0.2) is 0 Å². The zero-order valence-electron chi connectivity index (χ0n) is 10.9. The number of hydrogen-bond donors (Lipinski definition) is 2. The monoisotopic (exact) mass is 249 g/mol. The van der Waals surface area contributed by atoms with E-state index in [0.717, 1.165) is 18.5 Å². The van der Waals surface area contributed by atoms with Crippen LogP contribution in [0.4, 0.5) is 0 Å². The minimum Gasteiger partial charge on any atom is -0.388 e. The zero-order valence-corrected chi connectivity index (χ0v) is 10.9. The van der Waals surface area contributed by atoms with Gasteiger partial charge in [0, 0.05) is 19.2 Å². The minimum absolute atomic E-state index is 0.341. The molecule has 1 atom stereocenters. The Morgan fingerprint density at radius 2 is 2.06 bits per heavy atom. The van der Waals surface area contributed by atoms with E-state index in [4.69, 9.17) is 5.73 Å². The summed E-state index contributed by atoms with van der Waals surface area (Å²) in [6.45, 7) is 0.341. The summed E-state index contributed by atoms with van der Waals surface area (Å²) in [6.07, 6.45) is 10.00. The van der Waals surface area contributed by atoms with Crippen LogP contribution in [0.3, 0.4) is 0 Å². The molecule has 1 heterocycles. The number of rotatable bonds is 5. The van der Waals surface area contributed by atoms with Crippen molar-refractivity contribution >= 4 is 0 Å². The van der Waals surface area contributed by atoms with E-state index in [1.807, 2.05) is 6.07 Å². The van der Waals surface area contributed by atoms with Crippen LogP contribution in [0.2, 0.25) is 0 Å². The van der Waals surface area contributed by atoms with Gasteiger partial charge in [-0.2, -0.15) is 5.10 Å². The molecule has 0 radical (unpaired) electrons. The van der Waals surface area contributed by atoms with Gasteiger partial charge in [0.25, 0.3) is 0 Å². The lowest BCUT2D eigenvalue weighted by atomic mass is 9.92. The first-order chi connectivity index (χ1) is 8.71. The molecule has 3 N–H and O–H groups in total. The molecular weight excluding hydrogens is 226 g/mol. The number of nitrogens with zero attached hydrogens (tertiary/aromatic N) is 2. The molecule has 100 valence electrons. The molecule has 0 bridgehead atoms. The lowest BCUT2D eigenvalue weighted by Crippen LogP contribution is -2.42. The van der Waals surface area contributed by atoms with Crippen LogP contribution in [-0.2, 0) is 6.42 Å². The molecule has 18 heavy (non-hydrogen) atoms. The largest absolute Gasteiger partial charge is 0.388 e. The van der Waals surface area contributed by atoms with E-state index in [2.05, 4.69) is 16.0 Å². The van der Waals surface area contributed by atoms with Crippen LogP contribution < -0.4 is 5.73 Å². The van der Waals surface area contributed by atoms with Crippen molar-refractivity contribution in [3.05, 3.63) is 18.0 Å². The summed E-state index contributed by atoms with van der Waals surface area (Å²) in [7, 11) is 0. The number of aliphatic hydroxyl groups is 1. The van der Waals surface area contributed by atoms with E-state index in [9.17, 15) is 5.11 Å². The first kappa shape index (κ1) is 12.2. The molecular formula is C14H23N3O. The quantitative estimate of drug-likeness (QED) is 0.834. The van der Waals surface area contributed by atoms with Crippen molar-refractivity contribution in [1.82, 2.24) is 9.78 Å². The van der Waals surface area contributed by atoms with Gasteiger partial charge in [-0.25, -0.2) is 0 Å². The Balaban J connectivity index is 1.69. The molecule has 2 fully saturated rings. The molecule has 4 nitrogen and oxygen atoms in total. The Bertz CT molecular complexity index is 407. The van der Waals surface area contributed by atoms with Crippen LogP contribution in [-0.4, -0.2) is 27.0 Å². The molecule has 2 aliphatic carbocycles. The molecule has 0 saturated heterocycles. The van der Waals surface area contributed by atoms with Gasteiger partial charge in [-0.05, 0) is 37.7 Å². The van der Waals surface area contributed by atoms with E-state index < -0.39 is 5.60 Å². The molecule has 0 aliphatic heterocycles. The van der Waals surface area contributed by atoms with Crippen molar-refractivity contribution in [2.45, 2.75) is 56.6 Å². The molecule has 2 saturated carbocycles. The average Bonchev–Trinajstić information content (AvgIpc) is 2.91. The van der Waals surface area contributed by atoms with Crippen LogP contribution >= 0.6 is 0 Å². The Morgan fingerprint density at radius 1 is 1.33 bits per heavy atom. The van der Waals surface area contributed by atoms with Crippen LogP contribution in [0.1, 0.15) is 50.3 Å². The third-order valence-electron chi connectivity index (χ3n) is 4.54. The van der Waals surface area contributed by atoms with Crippen LogP contribution in [0.5, 0.6) is 0 Å². The van der Waals surface area contributed by atoms with Crippen molar-refractivity contribution in [3.8, 4) is 0 Å². The molecule has 3 rings (SSSR count). The maximum absolute atomic E-state index is 10.5. The van der Waals surface area contributed by atoms with Gasteiger partial charge in [0.1, 0.15) is 0 Å². The van der Waals surface area contributed by atoms with Crippen LogP contribution in [0.25, 0.3) is 0 Å². The maximum atomic E-state index is 10.5. The Labute approximate surface area is 108 Å². The Morgan fingerprint density at radius 3 is 2.67 bits per heavy atom. The fourth-order valence-corrected chi connectivity index (χ4v) is 3.16. The minimum atomic E-state index is -0.727. The predicted molar refractivity (Wildman–Crippen MR) is 70.2 cm³/mol. The zero-order chi connectivity index (χ0) is 12.6. The fourth-order valence-electron chi connectivity index (χ4n) is 3.16. The van der Waals surface area contributed by atoms with E-state index >= 15 is 0 Å². The molecule has 2 aliphatic rings. The molecule has 0 aromatic carbocycles. The summed E-state index contributed by atoms with van der Waals surface area (Å²) >= 11 is 0. The molecule has 1 unspecified atom stereocenters. The number of nitrogens with two attached hydrogens (primary N) is 1. The second-order valence-electron chi connectivity index (χ2n) is 5.98. The van der Waals surface area contributed by atoms with Gasteiger partial charge in [0.05, 0.1) is 17.3 Å². The standard InChI is InChI=1S/C14H23N3O/c15-10-14(18,11-5-6-11)9-12-7-8-17(16-12)13-3-1-2-4-13/h7-8,11,13,18H,1-6,9-10,15H2. The normalized spacial score (nSPS) is 24.3. The summed E-state index contributed by atoms with van der Waals surface area (Å²) in [5, 5.41) is 15.2. The first-order valence-corrected chi connectivity index (χ1v) is 7.18. The highest BCUT2D eigenvalue weighted by molar-refractivity contribution is 5.09. The topological polar surface area (TPSA) is 64.1 Å². The van der Waals surface area contributed by atoms with Gasteiger partial charge in [-0.1, -0.05) is 12.8 Å². The van der Waals surface area contributed by atoms with E-state index in [-0.39, 0.29) is 0 Å². The average molecular weight is 249 g/mol. The number of aromatic nitrogens is 2. The molecule has 0 spiro atoms. The Kier molecular flexibility index (Phi) is 3.16. The Hall–Kier alpha value is -0.870. The summed E-state index contributed by atoms with van der Waals surface area (Å²) < 4.78 is 2.09. The fraction of sp³-hybridized carbons (Fsp3) is 0.786. The van der Waals surface area contributed by atoms with E-state index in [1.165, 1.54) is 25.7 Å². The molecule has 4 heteroatoms. The summed E-state index contributed by atoms with van der Waals surface area (Å²) in [5.41, 5.74) is 6.00.